The number of aliphatic carboxylic acids is 1. The van der Waals surface area contributed by atoms with Crippen molar-refractivity contribution in [3.8, 4) is 0 Å². The van der Waals surface area contributed by atoms with Crippen LogP contribution in [0.1, 0.15) is 33.6 Å². The Hall–Kier alpha value is -0.570. The van der Waals surface area contributed by atoms with Crippen molar-refractivity contribution in [1.29, 1.82) is 0 Å². The number of rotatable bonds is 5. The third-order valence-corrected chi connectivity index (χ3v) is 2.29. The van der Waals surface area contributed by atoms with Gasteiger partial charge in [-0.1, -0.05) is 20.8 Å². The molecule has 0 saturated carbocycles. The molecular formula is C9H19NO2. The summed E-state index contributed by atoms with van der Waals surface area (Å²) < 4.78 is 0. The summed E-state index contributed by atoms with van der Waals surface area (Å²) in [5.41, 5.74) is 5.80. The molecule has 0 aromatic carbocycles. The number of nitrogens with two attached hydrogens (primary N) is 1. The van der Waals surface area contributed by atoms with Crippen LogP contribution in [0.25, 0.3) is 0 Å². The first kappa shape index (κ1) is 11.4. The molecule has 0 rings (SSSR count). The van der Waals surface area contributed by atoms with Crippen LogP contribution in [-0.4, -0.2) is 17.1 Å². The van der Waals surface area contributed by atoms with E-state index in [-0.39, 0.29) is 18.4 Å². The van der Waals surface area contributed by atoms with Crippen LogP contribution in [-0.2, 0) is 4.79 Å². The Morgan fingerprint density at radius 2 is 2.00 bits per heavy atom. The molecule has 0 heterocycles. The van der Waals surface area contributed by atoms with Gasteiger partial charge in [0.2, 0.25) is 0 Å². The summed E-state index contributed by atoms with van der Waals surface area (Å²) >= 11 is 0. The van der Waals surface area contributed by atoms with E-state index in [4.69, 9.17) is 10.8 Å². The molecule has 0 aliphatic carbocycles. The van der Waals surface area contributed by atoms with E-state index in [1.807, 2.05) is 20.8 Å². The predicted octanol–water partition coefficient (Wildman–Crippen LogP) is 1.47. The Morgan fingerprint density at radius 1 is 1.50 bits per heavy atom. The molecule has 2 unspecified atom stereocenters. The first-order valence-corrected chi connectivity index (χ1v) is 4.46. The molecule has 0 aromatic heterocycles. The molecule has 0 bridgehead atoms. The monoisotopic (exact) mass is 173 g/mol. The van der Waals surface area contributed by atoms with E-state index in [9.17, 15) is 4.79 Å². The molecule has 2 atom stereocenters. The lowest BCUT2D eigenvalue weighted by atomic mass is 9.85. The standard InChI is InChI=1S/C9H19NO2/c1-4-8(10)7(6(2)3)5-9(11)12/h6-8H,4-5,10H2,1-3H3,(H,11,12). The fraction of sp³-hybridized carbons (Fsp3) is 0.889. The third kappa shape index (κ3) is 3.72. The highest BCUT2D eigenvalue weighted by Gasteiger charge is 2.22. The summed E-state index contributed by atoms with van der Waals surface area (Å²) in [6.07, 6.45) is 1.03. The fourth-order valence-corrected chi connectivity index (χ4v) is 1.39. The van der Waals surface area contributed by atoms with Crippen molar-refractivity contribution < 1.29 is 9.90 Å². The van der Waals surface area contributed by atoms with E-state index in [0.717, 1.165) is 6.42 Å². The quantitative estimate of drug-likeness (QED) is 0.661. The largest absolute Gasteiger partial charge is 0.481 e. The summed E-state index contributed by atoms with van der Waals surface area (Å²) in [7, 11) is 0. The average Bonchev–Trinajstić information content (AvgIpc) is 1.98. The number of carboxylic acid groups (broad SMARTS) is 1. The molecule has 0 aliphatic heterocycles. The maximum Gasteiger partial charge on any atom is 0.303 e. The Bertz CT molecular complexity index is 145. The van der Waals surface area contributed by atoms with Gasteiger partial charge in [-0.25, -0.2) is 0 Å². The molecule has 0 amide bonds. The molecule has 3 nitrogen and oxygen atoms in total. The molecule has 0 saturated heterocycles. The van der Waals surface area contributed by atoms with E-state index in [0.29, 0.717) is 5.92 Å². The number of carbonyl (C=O) groups is 1. The number of hydrogen-bond donors (Lipinski definition) is 2. The Morgan fingerprint density at radius 3 is 2.25 bits per heavy atom. The van der Waals surface area contributed by atoms with Crippen LogP contribution >= 0.6 is 0 Å². The topological polar surface area (TPSA) is 63.3 Å². The molecule has 0 aromatic rings. The zero-order valence-corrected chi connectivity index (χ0v) is 8.08. The van der Waals surface area contributed by atoms with Crippen LogP contribution in [0.5, 0.6) is 0 Å². The minimum Gasteiger partial charge on any atom is -0.481 e. The highest BCUT2D eigenvalue weighted by molar-refractivity contribution is 5.67. The predicted molar refractivity (Wildman–Crippen MR) is 48.8 cm³/mol. The lowest BCUT2D eigenvalue weighted by Gasteiger charge is -2.24. The van der Waals surface area contributed by atoms with Crippen LogP contribution in [0, 0.1) is 11.8 Å². The van der Waals surface area contributed by atoms with Crippen LogP contribution < -0.4 is 5.73 Å². The summed E-state index contributed by atoms with van der Waals surface area (Å²) in [5.74, 6) is -0.304. The minimum atomic E-state index is -0.752. The minimum absolute atomic E-state index is 0.0149. The summed E-state index contributed by atoms with van der Waals surface area (Å²) in [6.45, 7) is 6.02. The maximum atomic E-state index is 10.5. The van der Waals surface area contributed by atoms with Crippen molar-refractivity contribution in [2.75, 3.05) is 0 Å². The molecule has 3 N–H and O–H groups in total. The van der Waals surface area contributed by atoms with Crippen molar-refractivity contribution >= 4 is 5.97 Å². The number of carboxylic acids is 1. The smallest absolute Gasteiger partial charge is 0.303 e. The summed E-state index contributed by atoms with van der Waals surface area (Å²) in [5, 5.41) is 8.62. The molecule has 3 heteroatoms. The van der Waals surface area contributed by atoms with Gasteiger partial charge >= 0.3 is 5.97 Å². The van der Waals surface area contributed by atoms with Gasteiger partial charge in [-0.05, 0) is 18.3 Å². The molecule has 12 heavy (non-hydrogen) atoms. The van der Waals surface area contributed by atoms with Crippen LogP contribution in [0.3, 0.4) is 0 Å². The van der Waals surface area contributed by atoms with Crippen molar-refractivity contribution in [2.45, 2.75) is 39.7 Å². The molecule has 72 valence electrons. The Kier molecular flexibility index (Phi) is 4.90. The second-order valence-electron chi connectivity index (χ2n) is 3.58. The second-order valence-corrected chi connectivity index (χ2v) is 3.58. The molecular weight excluding hydrogens is 154 g/mol. The van der Waals surface area contributed by atoms with Crippen molar-refractivity contribution in [1.82, 2.24) is 0 Å². The van der Waals surface area contributed by atoms with Crippen molar-refractivity contribution in [3.63, 3.8) is 0 Å². The average molecular weight is 173 g/mol. The van der Waals surface area contributed by atoms with Gasteiger partial charge in [0.05, 0.1) is 0 Å². The van der Waals surface area contributed by atoms with Crippen LogP contribution in [0.2, 0.25) is 0 Å². The highest BCUT2D eigenvalue weighted by Crippen LogP contribution is 2.19. The zero-order valence-electron chi connectivity index (χ0n) is 8.08. The van der Waals surface area contributed by atoms with Gasteiger partial charge in [-0.3, -0.25) is 4.79 Å². The van der Waals surface area contributed by atoms with Crippen molar-refractivity contribution in [3.05, 3.63) is 0 Å². The lowest BCUT2D eigenvalue weighted by Crippen LogP contribution is -2.34. The Labute approximate surface area is 74.0 Å². The van der Waals surface area contributed by atoms with Crippen LogP contribution in [0.4, 0.5) is 0 Å². The summed E-state index contributed by atoms with van der Waals surface area (Å²) in [4.78, 5) is 10.5. The van der Waals surface area contributed by atoms with E-state index >= 15 is 0 Å². The van der Waals surface area contributed by atoms with Gasteiger partial charge in [-0.2, -0.15) is 0 Å². The third-order valence-electron chi connectivity index (χ3n) is 2.29. The van der Waals surface area contributed by atoms with E-state index in [2.05, 4.69) is 0 Å². The maximum absolute atomic E-state index is 10.5. The summed E-state index contributed by atoms with van der Waals surface area (Å²) in [6, 6.07) is 0.0149. The molecule has 0 spiro atoms. The SMILES string of the molecule is CCC(N)C(CC(=O)O)C(C)C. The van der Waals surface area contributed by atoms with Gasteiger partial charge in [0, 0.05) is 12.5 Å². The van der Waals surface area contributed by atoms with Gasteiger partial charge in [0.25, 0.3) is 0 Å². The van der Waals surface area contributed by atoms with Gasteiger partial charge in [0.15, 0.2) is 0 Å². The molecule has 0 aliphatic rings. The van der Waals surface area contributed by atoms with E-state index < -0.39 is 5.97 Å². The fourth-order valence-electron chi connectivity index (χ4n) is 1.39. The van der Waals surface area contributed by atoms with E-state index in [1.165, 1.54) is 0 Å². The van der Waals surface area contributed by atoms with E-state index in [1.54, 1.807) is 0 Å². The van der Waals surface area contributed by atoms with Gasteiger partial charge in [0.1, 0.15) is 0 Å². The molecule has 0 radical (unpaired) electrons. The zero-order chi connectivity index (χ0) is 9.72. The van der Waals surface area contributed by atoms with Crippen LogP contribution in [0.15, 0.2) is 0 Å². The normalized spacial score (nSPS) is 16.1. The lowest BCUT2D eigenvalue weighted by molar-refractivity contribution is -0.138. The van der Waals surface area contributed by atoms with Gasteiger partial charge < -0.3 is 10.8 Å². The first-order chi connectivity index (χ1) is 5.49. The van der Waals surface area contributed by atoms with Crippen molar-refractivity contribution in [2.24, 2.45) is 17.6 Å². The highest BCUT2D eigenvalue weighted by atomic mass is 16.4. The van der Waals surface area contributed by atoms with Gasteiger partial charge in [-0.15, -0.1) is 0 Å². The first-order valence-electron chi connectivity index (χ1n) is 4.46. The Balaban J connectivity index is 4.12. The second kappa shape index (κ2) is 5.14. The number of hydrogen-bond acceptors (Lipinski definition) is 2. The molecule has 0 fully saturated rings.